The van der Waals surface area contributed by atoms with Gasteiger partial charge in [-0.15, -0.1) is 0 Å². The third kappa shape index (κ3) is 2.77. The number of hydrogen-bond donors (Lipinski definition) is 3. The lowest BCUT2D eigenvalue weighted by Gasteiger charge is -2.13. The van der Waals surface area contributed by atoms with Crippen molar-refractivity contribution in [3.8, 4) is 0 Å². The van der Waals surface area contributed by atoms with Crippen molar-refractivity contribution in [2.75, 3.05) is 5.75 Å². The van der Waals surface area contributed by atoms with Crippen molar-refractivity contribution in [3.63, 3.8) is 0 Å². The first-order valence-electron chi connectivity index (χ1n) is 5.76. The molecule has 4 N–H and O–H groups in total. The normalized spacial score (nSPS) is 35.2. The van der Waals surface area contributed by atoms with E-state index >= 15 is 0 Å². The average Bonchev–Trinajstić information content (AvgIpc) is 2.69. The molecule has 0 amide bonds. The molecule has 1 saturated heterocycles. The quantitative estimate of drug-likeness (QED) is 0.573. The molecule has 0 aromatic heterocycles. The van der Waals surface area contributed by atoms with E-state index in [0.717, 1.165) is 12.8 Å². The fourth-order valence-electron chi connectivity index (χ4n) is 2.43. The van der Waals surface area contributed by atoms with Gasteiger partial charge in [-0.1, -0.05) is 6.42 Å². The first-order chi connectivity index (χ1) is 8.08. The maximum atomic E-state index is 11.9. The van der Waals surface area contributed by atoms with Crippen LogP contribution in [0.15, 0.2) is 4.99 Å². The summed E-state index contributed by atoms with van der Waals surface area (Å²) < 4.78 is 11.9. The first-order valence-corrected chi connectivity index (χ1v) is 7.15. The van der Waals surface area contributed by atoms with E-state index in [4.69, 9.17) is 10.8 Å². The summed E-state index contributed by atoms with van der Waals surface area (Å²) in [5, 5.41) is 11.6. The van der Waals surface area contributed by atoms with Crippen LogP contribution >= 0.6 is 0 Å². The fraction of sp³-hybridized carbons (Fsp3) is 0.800. The minimum Gasteiger partial charge on any atom is -0.481 e. The van der Waals surface area contributed by atoms with Crippen molar-refractivity contribution in [2.45, 2.75) is 43.0 Å². The third-order valence-corrected chi connectivity index (χ3v) is 5.10. The fourth-order valence-corrected chi connectivity index (χ4v) is 4.30. The molecule has 2 aliphatic heterocycles. The van der Waals surface area contributed by atoms with Crippen LogP contribution in [0.25, 0.3) is 0 Å². The number of hydrogen-bond acceptors (Lipinski definition) is 5. The minimum atomic E-state index is -0.871. The second-order valence-electron chi connectivity index (χ2n) is 4.48. The van der Waals surface area contributed by atoms with E-state index in [-0.39, 0.29) is 23.8 Å². The van der Waals surface area contributed by atoms with E-state index in [2.05, 4.69) is 10.3 Å². The number of rotatable bonds is 5. The van der Waals surface area contributed by atoms with Crippen LogP contribution in [-0.2, 0) is 15.6 Å². The van der Waals surface area contributed by atoms with E-state index in [0.29, 0.717) is 18.1 Å². The van der Waals surface area contributed by atoms with Gasteiger partial charge in [0.1, 0.15) is 0 Å². The van der Waals surface area contributed by atoms with Gasteiger partial charge in [-0.05, 0) is 12.8 Å². The number of nitrogens with two attached hydrogens (primary N) is 1. The zero-order valence-electron chi connectivity index (χ0n) is 9.46. The Morgan fingerprint density at radius 1 is 1.59 bits per heavy atom. The molecular formula is C10H17N3O3S. The topological polar surface area (TPSA) is 105 Å². The van der Waals surface area contributed by atoms with Crippen LogP contribution in [0.1, 0.15) is 25.7 Å². The number of nitrogens with zero attached hydrogens (tertiary/aromatic N) is 1. The van der Waals surface area contributed by atoms with Crippen LogP contribution in [0.4, 0.5) is 0 Å². The molecular weight excluding hydrogens is 242 g/mol. The molecule has 0 bridgehead atoms. The van der Waals surface area contributed by atoms with E-state index in [9.17, 15) is 9.00 Å². The van der Waals surface area contributed by atoms with Crippen LogP contribution in [0, 0.1) is 0 Å². The van der Waals surface area contributed by atoms with Gasteiger partial charge in [0, 0.05) is 23.0 Å². The van der Waals surface area contributed by atoms with Gasteiger partial charge in [-0.2, -0.15) is 0 Å². The van der Waals surface area contributed by atoms with E-state index in [1.54, 1.807) is 0 Å². The molecule has 1 fully saturated rings. The smallest absolute Gasteiger partial charge is 0.303 e. The van der Waals surface area contributed by atoms with Crippen LogP contribution < -0.4 is 11.1 Å². The summed E-state index contributed by atoms with van der Waals surface area (Å²) in [5.41, 5.74) is 5.59. The van der Waals surface area contributed by atoms with Gasteiger partial charge in [0.15, 0.2) is 5.96 Å². The lowest BCUT2D eigenvalue weighted by atomic mass is 10.0. The van der Waals surface area contributed by atoms with Gasteiger partial charge in [0.05, 0.1) is 17.3 Å². The Balaban J connectivity index is 1.83. The average molecular weight is 259 g/mol. The Kier molecular flexibility index (Phi) is 3.66. The molecule has 0 spiro atoms. The SMILES string of the molecule is NC1=N[C@H]2[C@H](C[S@@](=O)[C@H]2CCCCC(=O)O)N1. The van der Waals surface area contributed by atoms with Crippen molar-refractivity contribution in [1.82, 2.24) is 5.32 Å². The summed E-state index contributed by atoms with van der Waals surface area (Å²) in [6.07, 6.45) is 2.35. The van der Waals surface area contributed by atoms with E-state index in [1.807, 2.05) is 0 Å². The number of carbonyl (C=O) groups is 1. The van der Waals surface area contributed by atoms with Crippen molar-refractivity contribution in [3.05, 3.63) is 0 Å². The number of carboxylic acid groups (broad SMARTS) is 1. The molecule has 6 nitrogen and oxygen atoms in total. The molecule has 4 atom stereocenters. The molecule has 0 aromatic carbocycles. The molecule has 7 heteroatoms. The van der Waals surface area contributed by atoms with Gasteiger partial charge in [-0.3, -0.25) is 9.00 Å². The number of carboxylic acids is 1. The first kappa shape index (κ1) is 12.3. The van der Waals surface area contributed by atoms with Gasteiger partial charge in [0.2, 0.25) is 0 Å². The van der Waals surface area contributed by atoms with Crippen molar-refractivity contribution >= 4 is 22.7 Å². The largest absolute Gasteiger partial charge is 0.481 e. The Morgan fingerprint density at radius 3 is 3.06 bits per heavy atom. The zero-order chi connectivity index (χ0) is 12.4. The summed E-state index contributed by atoms with van der Waals surface area (Å²) in [6, 6.07) is 0.126. The minimum absolute atomic E-state index is 0.0145. The zero-order valence-corrected chi connectivity index (χ0v) is 10.3. The molecule has 17 heavy (non-hydrogen) atoms. The lowest BCUT2D eigenvalue weighted by molar-refractivity contribution is -0.137. The summed E-state index contributed by atoms with van der Waals surface area (Å²) >= 11 is 0. The van der Waals surface area contributed by atoms with Crippen molar-refractivity contribution in [2.24, 2.45) is 10.7 Å². The van der Waals surface area contributed by atoms with Gasteiger partial charge >= 0.3 is 5.97 Å². The summed E-state index contributed by atoms with van der Waals surface area (Å²) in [6.45, 7) is 0. The highest BCUT2D eigenvalue weighted by molar-refractivity contribution is 7.86. The molecule has 0 saturated carbocycles. The number of nitrogens with one attached hydrogen (secondary N) is 1. The Bertz CT molecular complexity index is 372. The highest BCUT2D eigenvalue weighted by Crippen LogP contribution is 2.27. The van der Waals surface area contributed by atoms with Crippen LogP contribution in [-0.4, -0.2) is 44.3 Å². The molecule has 2 aliphatic rings. The van der Waals surface area contributed by atoms with Gasteiger partial charge in [-0.25, -0.2) is 4.99 Å². The summed E-state index contributed by atoms with van der Waals surface area (Å²) in [5.74, 6) is 0.255. The molecule has 0 aliphatic carbocycles. The van der Waals surface area contributed by atoms with Crippen LogP contribution in [0.3, 0.4) is 0 Å². The predicted molar refractivity (Wildman–Crippen MR) is 65.2 cm³/mol. The predicted octanol–water partition coefficient (Wildman–Crippen LogP) is -0.583. The highest BCUT2D eigenvalue weighted by Gasteiger charge is 2.44. The number of fused-ring (bicyclic) bond motifs is 1. The summed E-state index contributed by atoms with van der Waals surface area (Å²) in [4.78, 5) is 14.6. The Morgan fingerprint density at radius 2 is 2.35 bits per heavy atom. The van der Waals surface area contributed by atoms with Gasteiger partial charge < -0.3 is 16.2 Å². The monoisotopic (exact) mass is 259 g/mol. The highest BCUT2D eigenvalue weighted by atomic mass is 32.2. The molecule has 0 unspecified atom stereocenters. The number of unbranched alkanes of at least 4 members (excludes halogenated alkanes) is 1. The second kappa shape index (κ2) is 5.03. The summed E-state index contributed by atoms with van der Waals surface area (Å²) in [7, 11) is -0.871. The second-order valence-corrected chi connectivity index (χ2v) is 6.18. The van der Waals surface area contributed by atoms with Crippen molar-refractivity contribution in [1.29, 1.82) is 0 Å². The molecule has 0 radical (unpaired) electrons. The Hall–Kier alpha value is -1.11. The van der Waals surface area contributed by atoms with Crippen LogP contribution in [0.5, 0.6) is 0 Å². The maximum Gasteiger partial charge on any atom is 0.303 e. The third-order valence-electron chi connectivity index (χ3n) is 3.23. The lowest BCUT2D eigenvalue weighted by Crippen LogP contribution is -2.38. The van der Waals surface area contributed by atoms with E-state index in [1.165, 1.54) is 0 Å². The number of guanidine groups is 1. The van der Waals surface area contributed by atoms with Crippen LogP contribution in [0.2, 0.25) is 0 Å². The molecule has 96 valence electrons. The Labute approximate surface area is 102 Å². The van der Waals surface area contributed by atoms with Crippen molar-refractivity contribution < 1.29 is 14.1 Å². The molecule has 2 heterocycles. The molecule has 0 aromatic rings. The maximum absolute atomic E-state index is 11.9. The van der Waals surface area contributed by atoms with Gasteiger partial charge in [0.25, 0.3) is 0 Å². The molecule has 2 rings (SSSR count). The standard InChI is InChI=1S/C10H17N3O3S/c11-10-12-6-5-17(16)7(9(6)13-10)3-1-2-4-8(14)15/h6-7,9H,1-5H2,(H,14,15)(H3,11,12,13)/t6-,7-,9-,17+/m0/s1. The number of aliphatic carboxylic acids is 1. The van der Waals surface area contributed by atoms with E-state index < -0.39 is 16.8 Å². The number of aliphatic imine (C=N–C) groups is 1.